The number of rotatable bonds is 0. The fourth-order valence-electron chi connectivity index (χ4n) is 3.56. The highest BCUT2D eigenvalue weighted by atomic mass is 32.1. The highest BCUT2D eigenvalue weighted by Crippen LogP contribution is 2.35. The summed E-state index contributed by atoms with van der Waals surface area (Å²) in [6.07, 6.45) is 0. The van der Waals surface area contributed by atoms with E-state index >= 15 is 0 Å². The van der Waals surface area contributed by atoms with Gasteiger partial charge in [-0.25, -0.2) is 0 Å². The van der Waals surface area contributed by atoms with Crippen molar-refractivity contribution in [3.63, 3.8) is 0 Å². The molecule has 0 saturated carbocycles. The molecule has 2 aromatic heterocycles. The number of hydrogen-bond donors (Lipinski definition) is 0. The van der Waals surface area contributed by atoms with E-state index in [2.05, 4.69) is 97.9 Å². The molecule has 0 bridgehead atoms. The van der Waals surface area contributed by atoms with Crippen molar-refractivity contribution in [2.75, 3.05) is 0 Å². The largest absolute Gasteiger partial charge is 0.135 e. The van der Waals surface area contributed by atoms with Crippen LogP contribution in [-0.4, -0.2) is 0 Å². The van der Waals surface area contributed by atoms with Gasteiger partial charge in [0.15, 0.2) is 0 Å². The molecule has 0 aliphatic carbocycles. The maximum atomic E-state index is 2.21. The van der Waals surface area contributed by atoms with Gasteiger partial charge < -0.3 is 0 Å². The van der Waals surface area contributed by atoms with Crippen molar-refractivity contribution in [2.45, 2.75) is 6.92 Å². The van der Waals surface area contributed by atoms with Crippen LogP contribution in [0.1, 0.15) is 5.56 Å². The third kappa shape index (κ3) is 2.91. The second-order valence-corrected chi connectivity index (χ2v) is 8.78. The van der Waals surface area contributed by atoms with Crippen LogP contribution in [0.5, 0.6) is 0 Å². The molecule has 4 aromatic carbocycles. The lowest BCUT2D eigenvalue weighted by Gasteiger charge is -1.93. The van der Waals surface area contributed by atoms with E-state index in [1.54, 1.807) is 0 Å². The Morgan fingerprint density at radius 2 is 0.889 bits per heavy atom. The number of aryl methyl sites for hydroxylation is 1. The maximum Gasteiger partial charge on any atom is 0.0384 e. The summed E-state index contributed by atoms with van der Waals surface area (Å²) in [7, 11) is 0. The molecule has 0 atom stereocenters. The highest BCUT2D eigenvalue weighted by Gasteiger charge is 2.04. The van der Waals surface area contributed by atoms with Crippen molar-refractivity contribution < 1.29 is 0 Å². The van der Waals surface area contributed by atoms with Crippen molar-refractivity contribution in [2.24, 2.45) is 0 Å². The van der Waals surface area contributed by atoms with Crippen LogP contribution in [0.2, 0.25) is 0 Å². The summed E-state index contributed by atoms with van der Waals surface area (Å²) in [5.74, 6) is 0. The van der Waals surface area contributed by atoms with E-state index in [0.717, 1.165) is 0 Å². The van der Waals surface area contributed by atoms with Gasteiger partial charge in [0.05, 0.1) is 0 Å². The minimum Gasteiger partial charge on any atom is -0.135 e. The van der Waals surface area contributed by atoms with Crippen molar-refractivity contribution in [1.29, 1.82) is 0 Å². The predicted molar refractivity (Wildman–Crippen MR) is 123 cm³/mol. The first-order valence-electron chi connectivity index (χ1n) is 9.04. The Bertz CT molecular complexity index is 1340. The van der Waals surface area contributed by atoms with Crippen LogP contribution in [-0.2, 0) is 0 Å². The lowest BCUT2D eigenvalue weighted by Crippen LogP contribution is -1.69. The Hall–Kier alpha value is -2.68. The Morgan fingerprint density at radius 3 is 1.48 bits per heavy atom. The van der Waals surface area contributed by atoms with Crippen molar-refractivity contribution in [3.05, 3.63) is 96.6 Å². The van der Waals surface area contributed by atoms with Gasteiger partial charge in [0.2, 0.25) is 0 Å². The molecule has 0 unspecified atom stereocenters. The standard InChI is InChI=1S/C13H10S.C12H8S/c1-9-5-4-7-11-10-6-2-3-8-12(10)14-13(9)11;1-3-7-11-9(5-1)10-6-2-4-8-12(10)13-11/h2-8H,1H3;1-8H. The molecule has 0 spiro atoms. The third-order valence-corrected chi connectivity index (χ3v) is 7.36. The molecule has 130 valence electrons. The van der Waals surface area contributed by atoms with E-state index in [1.165, 1.54) is 45.9 Å². The molecule has 0 aliphatic heterocycles. The number of thiophene rings is 2. The Morgan fingerprint density at radius 1 is 0.444 bits per heavy atom. The summed E-state index contributed by atoms with van der Waals surface area (Å²) < 4.78 is 5.57. The first kappa shape index (κ1) is 16.5. The number of benzene rings is 4. The second-order valence-electron chi connectivity index (χ2n) is 6.64. The molecule has 0 amide bonds. The predicted octanol–water partition coefficient (Wildman–Crippen LogP) is 8.42. The van der Waals surface area contributed by atoms with Gasteiger partial charge in [-0.3, -0.25) is 0 Å². The van der Waals surface area contributed by atoms with Crippen LogP contribution < -0.4 is 0 Å². The second kappa shape index (κ2) is 6.80. The maximum absolute atomic E-state index is 2.21. The molecule has 0 N–H and O–H groups in total. The van der Waals surface area contributed by atoms with Crippen LogP contribution in [0, 0.1) is 6.92 Å². The van der Waals surface area contributed by atoms with Gasteiger partial charge in [-0.1, -0.05) is 72.8 Å². The molecule has 0 fully saturated rings. The van der Waals surface area contributed by atoms with E-state index in [4.69, 9.17) is 0 Å². The lowest BCUT2D eigenvalue weighted by molar-refractivity contribution is 1.56. The zero-order valence-corrected chi connectivity index (χ0v) is 16.6. The van der Waals surface area contributed by atoms with E-state index < -0.39 is 0 Å². The molecule has 6 aromatic rings. The van der Waals surface area contributed by atoms with Gasteiger partial charge in [-0.15, -0.1) is 22.7 Å². The monoisotopic (exact) mass is 382 g/mol. The number of hydrogen-bond acceptors (Lipinski definition) is 2. The molecule has 6 rings (SSSR count). The van der Waals surface area contributed by atoms with Gasteiger partial charge in [-0.05, 0) is 30.7 Å². The summed E-state index contributed by atoms with van der Waals surface area (Å²) >= 11 is 3.75. The average molecular weight is 383 g/mol. The molecule has 2 heterocycles. The van der Waals surface area contributed by atoms with Crippen molar-refractivity contribution in [3.8, 4) is 0 Å². The van der Waals surface area contributed by atoms with Crippen LogP contribution in [0.25, 0.3) is 40.3 Å². The van der Waals surface area contributed by atoms with Crippen molar-refractivity contribution in [1.82, 2.24) is 0 Å². The van der Waals surface area contributed by atoms with Gasteiger partial charge in [0.1, 0.15) is 0 Å². The zero-order valence-electron chi connectivity index (χ0n) is 15.0. The molecule has 2 heteroatoms. The minimum atomic E-state index is 1.38. The van der Waals surface area contributed by atoms with Gasteiger partial charge >= 0.3 is 0 Å². The molecule has 27 heavy (non-hydrogen) atoms. The summed E-state index contributed by atoms with van der Waals surface area (Å²) in [5.41, 5.74) is 1.38. The first-order valence-corrected chi connectivity index (χ1v) is 10.7. The van der Waals surface area contributed by atoms with Gasteiger partial charge in [-0.2, -0.15) is 0 Å². The lowest BCUT2D eigenvalue weighted by atomic mass is 10.1. The van der Waals surface area contributed by atoms with Crippen LogP contribution in [0.15, 0.2) is 91.0 Å². The minimum absolute atomic E-state index is 1.38. The SMILES string of the molecule is Cc1cccc2c1sc1ccccc12.c1ccc2c(c1)sc1ccccc12. The normalized spacial score (nSPS) is 11.1. The molecule has 0 nitrogen and oxygen atoms in total. The van der Waals surface area contributed by atoms with Crippen molar-refractivity contribution >= 4 is 63.0 Å². The fourth-order valence-corrected chi connectivity index (χ4v) is 5.84. The topological polar surface area (TPSA) is 0 Å². The zero-order chi connectivity index (χ0) is 18.2. The Balaban J connectivity index is 0.000000119. The van der Waals surface area contributed by atoms with Crippen LogP contribution in [0.4, 0.5) is 0 Å². The molecule has 0 radical (unpaired) electrons. The molecular formula is C25H18S2. The molecular weight excluding hydrogens is 364 g/mol. The number of fused-ring (bicyclic) bond motifs is 6. The summed E-state index contributed by atoms with van der Waals surface area (Å²) in [5, 5.41) is 5.54. The molecule has 0 aliphatic rings. The van der Waals surface area contributed by atoms with E-state index in [9.17, 15) is 0 Å². The summed E-state index contributed by atoms with van der Waals surface area (Å²) in [4.78, 5) is 0. The fraction of sp³-hybridized carbons (Fsp3) is 0.0400. The smallest absolute Gasteiger partial charge is 0.0384 e. The average Bonchev–Trinajstić information content (AvgIpc) is 3.28. The summed E-state index contributed by atoms with van der Waals surface area (Å²) in [6, 6.07) is 32.3. The third-order valence-electron chi connectivity index (χ3n) is 4.89. The Kier molecular flexibility index (Phi) is 4.16. The molecule has 0 saturated heterocycles. The van der Waals surface area contributed by atoms with E-state index in [0.29, 0.717) is 0 Å². The van der Waals surface area contributed by atoms with E-state index in [1.807, 2.05) is 22.7 Å². The highest BCUT2D eigenvalue weighted by molar-refractivity contribution is 7.26. The van der Waals surface area contributed by atoms with Gasteiger partial charge in [0, 0.05) is 40.3 Å². The quantitative estimate of drug-likeness (QED) is 0.247. The van der Waals surface area contributed by atoms with Gasteiger partial charge in [0.25, 0.3) is 0 Å². The summed E-state index contributed by atoms with van der Waals surface area (Å²) in [6.45, 7) is 2.18. The van der Waals surface area contributed by atoms with Crippen LogP contribution in [0.3, 0.4) is 0 Å². The van der Waals surface area contributed by atoms with E-state index in [-0.39, 0.29) is 0 Å². The first-order chi connectivity index (χ1) is 13.3. The van der Waals surface area contributed by atoms with Crippen LogP contribution >= 0.6 is 22.7 Å². The Labute approximate surface area is 166 Å².